The number of hydrogen-bond acceptors (Lipinski definition) is 6. The summed E-state index contributed by atoms with van der Waals surface area (Å²) < 4.78 is 18.2. The van der Waals surface area contributed by atoms with Crippen molar-refractivity contribution in [3.63, 3.8) is 0 Å². The first kappa shape index (κ1) is 24.7. The monoisotopic (exact) mass is 510 g/mol. The van der Waals surface area contributed by atoms with Gasteiger partial charge in [-0.3, -0.25) is 14.4 Å². The van der Waals surface area contributed by atoms with Crippen molar-refractivity contribution in [1.29, 1.82) is 0 Å². The first-order valence-electron chi connectivity index (χ1n) is 13.2. The van der Waals surface area contributed by atoms with Gasteiger partial charge in [-0.15, -0.1) is 0 Å². The lowest BCUT2D eigenvalue weighted by atomic mass is 9.62. The maximum Gasteiger partial charge on any atom is 0.197 e. The molecule has 0 N–H and O–H groups in total. The van der Waals surface area contributed by atoms with E-state index in [1.54, 1.807) is 13.2 Å². The van der Waals surface area contributed by atoms with Gasteiger partial charge in [0.2, 0.25) is 0 Å². The molecule has 0 saturated heterocycles. The maximum absolute atomic E-state index is 14.2. The maximum atomic E-state index is 14.2. The van der Waals surface area contributed by atoms with Crippen molar-refractivity contribution in [1.82, 2.24) is 0 Å². The molecule has 0 aliphatic heterocycles. The highest BCUT2D eigenvalue weighted by Gasteiger charge is 2.52. The van der Waals surface area contributed by atoms with Crippen LogP contribution < -0.4 is 5.43 Å². The van der Waals surface area contributed by atoms with E-state index >= 15 is 0 Å². The van der Waals surface area contributed by atoms with Gasteiger partial charge >= 0.3 is 0 Å². The molecule has 2 aromatic carbocycles. The van der Waals surface area contributed by atoms with Gasteiger partial charge in [-0.05, 0) is 36.5 Å². The van der Waals surface area contributed by atoms with Crippen molar-refractivity contribution >= 4 is 22.5 Å². The Kier molecular flexibility index (Phi) is 6.04. The fourth-order valence-electron chi connectivity index (χ4n) is 6.07. The molecule has 4 aliphatic carbocycles. The summed E-state index contributed by atoms with van der Waals surface area (Å²) in [4.78, 5) is 41.8. The summed E-state index contributed by atoms with van der Waals surface area (Å²) in [5, 5.41) is 0.289. The summed E-state index contributed by atoms with van der Waals surface area (Å²) in [7, 11) is 1.57. The lowest BCUT2D eigenvalue weighted by Gasteiger charge is -2.44. The van der Waals surface area contributed by atoms with Gasteiger partial charge in [-0.25, -0.2) is 0 Å². The highest BCUT2D eigenvalue weighted by Crippen LogP contribution is 2.50. The molecule has 2 unspecified atom stereocenters. The number of Topliss-reactive ketones (excluding diaryl/α,β-unsaturated/α-hetero) is 2. The van der Waals surface area contributed by atoms with Gasteiger partial charge in [-0.1, -0.05) is 56.3 Å². The molecule has 0 amide bonds. The Morgan fingerprint density at radius 3 is 2.55 bits per heavy atom. The Balaban J connectivity index is 1.54. The zero-order chi connectivity index (χ0) is 26.6. The van der Waals surface area contributed by atoms with Crippen molar-refractivity contribution in [2.45, 2.75) is 57.8 Å². The number of fused-ring (bicyclic) bond motifs is 4. The van der Waals surface area contributed by atoms with E-state index in [1.165, 1.54) is 6.07 Å². The SMILES string of the molecule is CC[C@H](C)c1cc(=O)c2c(COCc3ccccc3)cc3c(c2o1)C(=O)C1=C(C3=O)C2C=CC1(OC)CC2. The van der Waals surface area contributed by atoms with Crippen molar-refractivity contribution in [3.8, 4) is 0 Å². The average Bonchev–Trinajstić information content (AvgIpc) is 2.95. The molecule has 38 heavy (non-hydrogen) atoms. The predicted molar refractivity (Wildman–Crippen MR) is 143 cm³/mol. The summed E-state index contributed by atoms with van der Waals surface area (Å²) >= 11 is 0. The zero-order valence-corrected chi connectivity index (χ0v) is 21.8. The van der Waals surface area contributed by atoms with Gasteiger partial charge in [0.05, 0.1) is 24.2 Å². The smallest absolute Gasteiger partial charge is 0.197 e. The number of carbonyl (C=O) groups is 2. The molecule has 0 spiro atoms. The van der Waals surface area contributed by atoms with Crippen molar-refractivity contribution in [2.24, 2.45) is 5.92 Å². The molecule has 1 aromatic heterocycles. The molecule has 0 saturated carbocycles. The quantitative estimate of drug-likeness (QED) is 0.359. The fraction of sp³-hybridized carbons (Fsp3) is 0.344. The number of carbonyl (C=O) groups excluding carboxylic acids is 2. The molecule has 6 nitrogen and oxygen atoms in total. The van der Waals surface area contributed by atoms with Crippen LogP contribution in [0.4, 0.5) is 0 Å². The van der Waals surface area contributed by atoms with Gasteiger partial charge in [0.1, 0.15) is 16.9 Å². The first-order valence-corrected chi connectivity index (χ1v) is 13.2. The van der Waals surface area contributed by atoms with Crippen LogP contribution in [0, 0.1) is 5.92 Å². The number of rotatable bonds is 7. The highest BCUT2D eigenvalue weighted by atomic mass is 16.5. The van der Waals surface area contributed by atoms with Crippen LogP contribution in [-0.4, -0.2) is 24.3 Å². The number of methoxy groups -OCH3 is 1. The van der Waals surface area contributed by atoms with E-state index in [0.29, 0.717) is 35.5 Å². The Morgan fingerprint density at radius 2 is 1.87 bits per heavy atom. The zero-order valence-electron chi connectivity index (χ0n) is 21.8. The molecule has 0 fully saturated rings. The highest BCUT2D eigenvalue weighted by molar-refractivity contribution is 6.31. The molecular formula is C32H30O6. The number of hydrogen-bond donors (Lipinski definition) is 0. The second kappa shape index (κ2) is 9.29. The van der Waals surface area contributed by atoms with Gasteiger partial charge in [0.15, 0.2) is 17.0 Å². The average molecular weight is 511 g/mol. The van der Waals surface area contributed by atoms with E-state index in [0.717, 1.165) is 18.4 Å². The summed E-state index contributed by atoms with van der Waals surface area (Å²) in [5.74, 6) is -0.145. The van der Waals surface area contributed by atoms with Gasteiger partial charge in [0, 0.05) is 41.7 Å². The minimum Gasteiger partial charge on any atom is -0.460 e. The molecule has 0 radical (unpaired) electrons. The summed E-state index contributed by atoms with van der Waals surface area (Å²) in [6.07, 6.45) is 6.02. The Labute approximate surface area is 220 Å². The van der Waals surface area contributed by atoms with Crippen molar-refractivity contribution < 1.29 is 23.5 Å². The number of ether oxygens (including phenoxy) is 2. The van der Waals surface area contributed by atoms with E-state index in [4.69, 9.17) is 13.9 Å². The van der Waals surface area contributed by atoms with Crippen LogP contribution in [0.3, 0.4) is 0 Å². The van der Waals surface area contributed by atoms with Crippen LogP contribution in [0.15, 0.2) is 75.0 Å². The third-order valence-electron chi connectivity index (χ3n) is 8.37. The van der Waals surface area contributed by atoms with Crippen LogP contribution in [0.25, 0.3) is 11.0 Å². The van der Waals surface area contributed by atoms with Gasteiger partial charge < -0.3 is 13.9 Å². The molecule has 1 heterocycles. The second-order valence-corrected chi connectivity index (χ2v) is 10.5. The summed E-state index contributed by atoms with van der Waals surface area (Å²) in [6, 6.07) is 12.9. The minimum atomic E-state index is -0.938. The van der Waals surface area contributed by atoms with Gasteiger partial charge in [-0.2, -0.15) is 0 Å². The van der Waals surface area contributed by atoms with E-state index < -0.39 is 5.60 Å². The normalized spacial score (nSPS) is 22.7. The Bertz CT molecular complexity index is 1590. The van der Waals surface area contributed by atoms with Crippen LogP contribution in [0.1, 0.15) is 76.6 Å². The topological polar surface area (TPSA) is 82.8 Å². The van der Waals surface area contributed by atoms with Crippen molar-refractivity contribution in [2.75, 3.05) is 7.11 Å². The van der Waals surface area contributed by atoms with Gasteiger partial charge in [0.25, 0.3) is 0 Å². The predicted octanol–water partition coefficient (Wildman–Crippen LogP) is 6.06. The van der Waals surface area contributed by atoms with Crippen LogP contribution in [-0.2, 0) is 22.7 Å². The van der Waals surface area contributed by atoms with Crippen LogP contribution >= 0.6 is 0 Å². The number of benzene rings is 2. The summed E-state index contributed by atoms with van der Waals surface area (Å²) in [5.41, 5.74) is 1.87. The second-order valence-electron chi connectivity index (χ2n) is 10.5. The Morgan fingerprint density at radius 1 is 1.08 bits per heavy atom. The van der Waals surface area contributed by atoms with E-state index in [-0.39, 0.29) is 57.5 Å². The number of ketones is 2. The number of allylic oxidation sites excluding steroid dienone is 2. The third-order valence-corrected chi connectivity index (χ3v) is 8.37. The van der Waals surface area contributed by atoms with Crippen LogP contribution in [0.5, 0.6) is 0 Å². The largest absolute Gasteiger partial charge is 0.460 e. The molecule has 3 aromatic rings. The standard InChI is InChI=1S/C32H30O6/c1-4-18(2)24-15-23(33)25-21(17-37-16-19-8-6-5-7-9-19)14-22-27(31(25)38-24)30(35)28-26(29(22)34)20-10-12-32(28,36-3)13-11-20/h5-10,12,14-15,18,20H,4,11,13,16-17H2,1-3H3/t18-,20?,32?/m0/s1. The van der Waals surface area contributed by atoms with E-state index in [9.17, 15) is 14.4 Å². The molecule has 194 valence electrons. The molecule has 6 heteroatoms. The van der Waals surface area contributed by atoms with Crippen molar-refractivity contribution in [3.05, 3.63) is 104 Å². The lowest BCUT2D eigenvalue weighted by molar-refractivity contribution is 0.0343. The summed E-state index contributed by atoms with van der Waals surface area (Å²) in [6.45, 7) is 4.44. The molecule has 7 rings (SSSR count). The van der Waals surface area contributed by atoms with Crippen LogP contribution in [0.2, 0.25) is 0 Å². The molecule has 2 bridgehead atoms. The van der Waals surface area contributed by atoms with E-state index in [2.05, 4.69) is 0 Å². The van der Waals surface area contributed by atoms with E-state index in [1.807, 2.05) is 56.3 Å². The lowest BCUT2D eigenvalue weighted by Crippen LogP contribution is -2.47. The third kappa shape index (κ3) is 3.66. The molecule has 3 atom stereocenters. The Hall–Kier alpha value is -3.61. The first-order chi connectivity index (χ1) is 18.4. The fourth-order valence-corrected chi connectivity index (χ4v) is 6.07. The molecular weight excluding hydrogens is 480 g/mol. The molecule has 4 aliphatic rings. The minimum absolute atomic E-state index is 0.0242.